The van der Waals surface area contributed by atoms with Gasteiger partial charge in [-0.25, -0.2) is 0 Å². The quantitative estimate of drug-likeness (QED) is 0.862. The first-order valence-electron chi connectivity index (χ1n) is 6.06. The van der Waals surface area contributed by atoms with Crippen molar-refractivity contribution < 1.29 is 9.26 Å². The van der Waals surface area contributed by atoms with E-state index >= 15 is 0 Å². The molecule has 4 nitrogen and oxygen atoms in total. The van der Waals surface area contributed by atoms with E-state index < -0.39 is 0 Å². The fourth-order valence-electron chi connectivity index (χ4n) is 2.19. The highest BCUT2D eigenvalue weighted by atomic mass is 16.5. The zero-order valence-electron chi connectivity index (χ0n) is 9.90. The molecule has 1 fully saturated rings. The van der Waals surface area contributed by atoms with Gasteiger partial charge in [0.2, 0.25) is 0 Å². The van der Waals surface area contributed by atoms with E-state index in [2.05, 4.69) is 23.5 Å². The molecule has 0 bridgehead atoms. The van der Waals surface area contributed by atoms with Gasteiger partial charge in [-0.3, -0.25) is 0 Å². The lowest BCUT2D eigenvalue weighted by atomic mass is 10.1. The third kappa shape index (κ3) is 2.13. The molecule has 1 aromatic heterocycles. The standard InChI is InChI=1S/C13H16N2O2/c1-9-2-3-12-11(8-9)13(15-17-12)16-10-4-6-14-7-5-10/h2-3,8,10,14H,4-7H2,1H3. The van der Waals surface area contributed by atoms with Gasteiger partial charge in [0.25, 0.3) is 5.88 Å². The van der Waals surface area contributed by atoms with E-state index in [0.717, 1.165) is 36.9 Å². The second kappa shape index (κ2) is 4.37. The molecule has 1 aliphatic heterocycles. The molecule has 0 amide bonds. The van der Waals surface area contributed by atoms with Gasteiger partial charge >= 0.3 is 0 Å². The summed E-state index contributed by atoms with van der Waals surface area (Å²) in [4.78, 5) is 0. The summed E-state index contributed by atoms with van der Waals surface area (Å²) in [7, 11) is 0. The first kappa shape index (κ1) is 10.6. The molecular weight excluding hydrogens is 216 g/mol. The molecule has 0 spiro atoms. The topological polar surface area (TPSA) is 47.3 Å². The van der Waals surface area contributed by atoms with Crippen LogP contribution in [0.5, 0.6) is 5.88 Å². The Bertz CT molecular complexity index is 515. The summed E-state index contributed by atoms with van der Waals surface area (Å²) in [6.07, 6.45) is 2.31. The van der Waals surface area contributed by atoms with Crippen LogP contribution in [0.25, 0.3) is 11.0 Å². The normalized spacial score (nSPS) is 17.5. The Labute approximate surface area is 99.9 Å². The molecule has 1 saturated heterocycles. The van der Waals surface area contributed by atoms with E-state index in [4.69, 9.17) is 9.26 Å². The molecular formula is C13H16N2O2. The Hall–Kier alpha value is -1.55. The first-order valence-corrected chi connectivity index (χ1v) is 6.06. The largest absolute Gasteiger partial charge is 0.472 e. The molecule has 3 rings (SSSR count). The molecule has 0 radical (unpaired) electrons. The Kier molecular flexibility index (Phi) is 2.73. The van der Waals surface area contributed by atoms with Crippen LogP contribution >= 0.6 is 0 Å². The third-order valence-corrected chi connectivity index (χ3v) is 3.16. The summed E-state index contributed by atoms with van der Waals surface area (Å²) < 4.78 is 11.2. The SMILES string of the molecule is Cc1ccc2onc(OC3CCNCC3)c2c1. The number of ether oxygens (including phenoxy) is 1. The van der Waals surface area contributed by atoms with Gasteiger partial charge in [-0.15, -0.1) is 0 Å². The average Bonchev–Trinajstić information content (AvgIpc) is 2.73. The fourth-order valence-corrected chi connectivity index (χ4v) is 2.19. The van der Waals surface area contributed by atoms with Crippen LogP contribution in [0.3, 0.4) is 0 Å². The highest BCUT2D eigenvalue weighted by Gasteiger charge is 2.18. The van der Waals surface area contributed by atoms with Gasteiger partial charge in [-0.1, -0.05) is 11.6 Å². The molecule has 1 N–H and O–H groups in total. The van der Waals surface area contributed by atoms with Crippen molar-refractivity contribution in [2.24, 2.45) is 0 Å². The van der Waals surface area contributed by atoms with Crippen LogP contribution in [-0.4, -0.2) is 24.4 Å². The second-order valence-electron chi connectivity index (χ2n) is 4.55. The van der Waals surface area contributed by atoms with E-state index in [0.29, 0.717) is 5.88 Å². The lowest BCUT2D eigenvalue weighted by Gasteiger charge is -2.22. The number of hydrogen-bond acceptors (Lipinski definition) is 4. The Morgan fingerprint density at radius 1 is 1.35 bits per heavy atom. The minimum absolute atomic E-state index is 0.255. The molecule has 0 aliphatic carbocycles. The molecule has 0 atom stereocenters. The van der Waals surface area contributed by atoms with Gasteiger partial charge in [0.05, 0.1) is 5.39 Å². The summed E-state index contributed by atoms with van der Waals surface area (Å²) in [5.41, 5.74) is 1.98. The number of aromatic nitrogens is 1. The first-order chi connectivity index (χ1) is 8.33. The minimum atomic E-state index is 0.255. The zero-order valence-corrected chi connectivity index (χ0v) is 9.90. The van der Waals surface area contributed by atoms with Crippen molar-refractivity contribution >= 4 is 11.0 Å². The monoisotopic (exact) mass is 232 g/mol. The van der Waals surface area contributed by atoms with Gasteiger partial charge in [0, 0.05) is 0 Å². The summed E-state index contributed by atoms with van der Waals surface area (Å²) in [6, 6.07) is 6.01. The van der Waals surface area contributed by atoms with Gasteiger partial charge in [-0.05, 0) is 50.1 Å². The van der Waals surface area contributed by atoms with E-state index in [1.54, 1.807) is 0 Å². The van der Waals surface area contributed by atoms with Gasteiger partial charge in [0.1, 0.15) is 6.10 Å². The molecule has 2 heterocycles. The van der Waals surface area contributed by atoms with Crippen molar-refractivity contribution in [3.05, 3.63) is 23.8 Å². The molecule has 1 aromatic carbocycles. The van der Waals surface area contributed by atoms with Crippen LogP contribution in [0.15, 0.2) is 22.7 Å². The van der Waals surface area contributed by atoms with E-state index in [9.17, 15) is 0 Å². The summed E-state index contributed by atoms with van der Waals surface area (Å²) in [5, 5.41) is 8.31. The number of rotatable bonds is 2. The molecule has 17 heavy (non-hydrogen) atoms. The summed E-state index contributed by atoms with van der Waals surface area (Å²) >= 11 is 0. The maximum atomic E-state index is 5.92. The van der Waals surface area contributed by atoms with Crippen molar-refractivity contribution in [2.45, 2.75) is 25.9 Å². The fraction of sp³-hybridized carbons (Fsp3) is 0.462. The summed E-state index contributed by atoms with van der Waals surface area (Å²) in [6.45, 7) is 4.08. The number of nitrogens with zero attached hydrogens (tertiary/aromatic N) is 1. The number of nitrogens with one attached hydrogen (secondary N) is 1. The van der Waals surface area contributed by atoms with Crippen LogP contribution < -0.4 is 10.1 Å². The minimum Gasteiger partial charge on any atom is -0.472 e. The van der Waals surface area contributed by atoms with Gasteiger partial charge < -0.3 is 14.6 Å². The van der Waals surface area contributed by atoms with E-state index in [1.807, 2.05) is 12.1 Å². The predicted octanol–water partition coefficient (Wildman–Crippen LogP) is 2.27. The van der Waals surface area contributed by atoms with Crippen LogP contribution in [-0.2, 0) is 0 Å². The second-order valence-corrected chi connectivity index (χ2v) is 4.55. The highest BCUT2D eigenvalue weighted by Crippen LogP contribution is 2.27. The molecule has 4 heteroatoms. The van der Waals surface area contributed by atoms with E-state index in [1.165, 1.54) is 5.56 Å². The number of hydrogen-bond donors (Lipinski definition) is 1. The lowest BCUT2D eigenvalue weighted by molar-refractivity contribution is 0.151. The number of aryl methyl sites for hydroxylation is 1. The third-order valence-electron chi connectivity index (χ3n) is 3.16. The summed E-state index contributed by atoms with van der Waals surface area (Å²) in [5.74, 6) is 0.635. The lowest BCUT2D eigenvalue weighted by Crippen LogP contribution is -2.34. The number of fused-ring (bicyclic) bond motifs is 1. The van der Waals surface area contributed by atoms with Crippen molar-refractivity contribution in [3.63, 3.8) is 0 Å². The van der Waals surface area contributed by atoms with Crippen LogP contribution in [0.4, 0.5) is 0 Å². The highest BCUT2D eigenvalue weighted by molar-refractivity contribution is 5.82. The van der Waals surface area contributed by atoms with Crippen molar-refractivity contribution in [3.8, 4) is 5.88 Å². The Morgan fingerprint density at radius 3 is 3.00 bits per heavy atom. The molecule has 0 unspecified atom stereocenters. The smallest absolute Gasteiger partial charge is 0.262 e. The molecule has 90 valence electrons. The maximum Gasteiger partial charge on any atom is 0.262 e. The van der Waals surface area contributed by atoms with Crippen LogP contribution in [0.1, 0.15) is 18.4 Å². The van der Waals surface area contributed by atoms with Crippen molar-refractivity contribution in [1.29, 1.82) is 0 Å². The maximum absolute atomic E-state index is 5.92. The molecule has 0 saturated carbocycles. The predicted molar refractivity (Wildman–Crippen MR) is 65.3 cm³/mol. The molecule has 2 aromatic rings. The Balaban J connectivity index is 1.86. The Morgan fingerprint density at radius 2 is 2.18 bits per heavy atom. The van der Waals surface area contributed by atoms with Gasteiger partial charge in [0.15, 0.2) is 5.58 Å². The zero-order chi connectivity index (χ0) is 11.7. The van der Waals surface area contributed by atoms with Crippen LogP contribution in [0, 0.1) is 6.92 Å². The number of benzene rings is 1. The van der Waals surface area contributed by atoms with Crippen molar-refractivity contribution in [2.75, 3.05) is 13.1 Å². The van der Waals surface area contributed by atoms with Gasteiger partial charge in [-0.2, -0.15) is 0 Å². The van der Waals surface area contributed by atoms with Crippen molar-refractivity contribution in [1.82, 2.24) is 10.5 Å². The molecule has 1 aliphatic rings. The average molecular weight is 232 g/mol. The number of piperidine rings is 1. The van der Waals surface area contributed by atoms with Crippen LogP contribution in [0.2, 0.25) is 0 Å². The van der Waals surface area contributed by atoms with E-state index in [-0.39, 0.29) is 6.10 Å².